The summed E-state index contributed by atoms with van der Waals surface area (Å²) in [5, 5.41) is 9.00. The summed E-state index contributed by atoms with van der Waals surface area (Å²) in [7, 11) is 3.10. The van der Waals surface area contributed by atoms with Crippen LogP contribution in [0.2, 0.25) is 0 Å². The van der Waals surface area contributed by atoms with Gasteiger partial charge in [0, 0.05) is 10.0 Å². The van der Waals surface area contributed by atoms with Crippen LogP contribution in [-0.4, -0.2) is 25.3 Å². The molecule has 23 heavy (non-hydrogen) atoms. The average molecular weight is 381 g/mol. The molecule has 1 N–H and O–H groups in total. The molecule has 0 spiro atoms. The number of esters is 1. The van der Waals surface area contributed by atoms with Crippen LogP contribution in [0.5, 0.6) is 11.5 Å². The molecule has 0 aliphatic heterocycles. The van der Waals surface area contributed by atoms with Crippen LogP contribution in [0.15, 0.2) is 40.9 Å². The van der Waals surface area contributed by atoms with Gasteiger partial charge in [-0.1, -0.05) is 28.1 Å². The fraction of sp³-hybridized carbons (Fsp3) is 0.235. The molecule has 122 valence electrons. The van der Waals surface area contributed by atoms with E-state index in [-0.39, 0.29) is 13.2 Å². The number of benzene rings is 2. The molecule has 2 rings (SSSR count). The first-order valence-electron chi connectivity index (χ1n) is 6.86. The number of methoxy groups -OCH3 is 2. The van der Waals surface area contributed by atoms with Gasteiger partial charge in [0.05, 0.1) is 26.4 Å². The van der Waals surface area contributed by atoms with Crippen LogP contribution in [0.3, 0.4) is 0 Å². The van der Waals surface area contributed by atoms with E-state index in [0.717, 1.165) is 15.6 Å². The summed E-state index contributed by atoms with van der Waals surface area (Å²) >= 11 is 3.42. The van der Waals surface area contributed by atoms with Crippen LogP contribution in [0.25, 0.3) is 0 Å². The molecule has 2 aromatic rings. The Hall–Kier alpha value is -2.05. The summed E-state index contributed by atoms with van der Waals surface area (Å²) in [6, 6.07) is 10.1. The number of halogens is 1. The van der Waals surface area contributed by atoms with E-state index >= 15 is 0 Å². The number of ether oxygens (including phenoxy) is 3. The average Bonchev–Trinajstić information content (AvgIpc) is 2.60. The molecule has 0 saturated heterocycles. The zero-order valence-electron chi connectivity index (χ0n) is 12.8. The van der Waals surface area contributed by atoms with E-state index in [1.165, 1.54) is 0 Å². The van der Waals surface area contributed by atoms with Gasteiger partial charge in [-0.15, -0.1) is 0 Å². The van der Waals surface area contributed by atoms with Crippen LogP contribution in [0.1, 0.15) is 21.5 Å². The van der Waals surface area contributed by atoms with E-state index in [2.05, 4.69) is 15.9 Å². The van der Waals surface area contributed by atoms with Crippen LogP contribution in [0.4, 0.5) is 0 Å². The summed E-state index contributed by atoms with van der Waals surface area (Å²) < 4.78 is 16.5. The Labute approximate surface area is 142 Å². The van der Waals surface area contributed by atoms with Crippen molar-refractivity contribution in [2.24, 2.45) is 0 Å². The Morgan fingerprint density at radius 1 is 1.09 bits per heavy atom. The Morgan fingerprint density at radius 3 is 2.26 bits per heavy atom. The molecular formula is C17H17BrO5. The van der Waals surface area contributed by atoms with Gasteiger partial charge in [-0.2, -0.15) is 0 Å². The minimum absolute atomic E-state index is 0.0616. The number of rotatable bonds is 6. The predicted octanol–water partition coefficient (Wildman–Crippen LogP) is 3.32. The largest absolute Gasteiger partial charge is 0.493 e. The smallest absolute Gasteiger partial charge is 0.338 e. The maximum Gasteiger partial charge on any atom is 0.338 e. The molecule has 0 aromatic heterocycles. The van der Waals surface area contributed by atoms with Crippen molar-refractivity contribution in [1.82, 2.24) is 0 Å². The van der Waals surface area contributed by atoms with Crippen molar-refractivity contribution in [2.45, 2.75) is 13.2 Å². The van der Waals surface area contributed by atoms with E-state index in [9.17, 15) is 4.79 Å². The van der Waals surface area contributed by atoms with E-state index in [1.54, 1.807) is 50.6 Å². The van der Waals surface area contributed by atoms with Crippen molar-refractivity contribution >= 4 is 21.9 Å². The summed E-state index contributed by atoms with van der Waals surface area (Å²) in [5.41, 5.74) is 1.94. The van der Waals surface area contributed by atoms with Crippen LogP contribution in [-0.2, 0) is 18.0 Å². The van der Waals surface area contributed by atoms with E-state index in [1.807, 2.05) is 0 Å². The quantitative estimate of drug-likeness (QED) is 0.778. The molecule has 5 nitrogen and oxygen atoms in total. The monoisotopic (exact) mass is 380 g/mol. The van der Waals surface area contributed by atoms with Gasteiger partial charge < -0.3 is 19.3 Å². The fourth-order valence-electron chi connectivity index (χ4n) is 1.98. The lowest BCUT2D eigenvalue weighted by molar-refractivity contribution is 0.0471. The molecule has 2 aromatic carbocycles. The van der Waals surface area contributed by atoms with Crippen molar-refractivity contribution in [3.63, 3.8) is 0 Å². The minimum atomic E-state index is -0.434. The first-order chi connectivity index (χ1) is 11.1. The van der Waals surface area contributed by atoms with Gasteiger partial charge in [-0.3, -0.25) is 0 Å². The van der Waals surface area contributed by atoms with Crippen molar-refractivity contribution in [2.75, 3.05) is 14.2 Å². The molecule has 0 fully saturated rings. The van der Waals surface area contributed by atoms with Gasteiger partial charge in [0.25, 0.3) is 0 Å². The van der Waals surface area contributed by atoms with Crippen LogP contribution < -0.4 is 9.47 Å². The molecule has 0 amide bonds. The second-order valence-corrected chi connectivity index (χ2v) is 5.58. The SMILES string of the molecule is COc1cc(Br)c(COC(=O)c2ccc(CO)cc2)cc1OC. The van der Waals surface area contributed by atoms with E-state index in [0.29, 0.717) is 17.1 Å². The second kappa shape index (κ2) is 7.99. The molecule has 0 aliphatic carbocycles. The summed E-state index contributed by atoms with van der Waals surface area (Å²) in [4.78, 5) is 12.1. The molecule has 0 unspecified atom stereocenters. The van der Waals surface area contributed by atoms with Crippen molar-refractivity contribution in [3.05, 3.63) is 57.6 Å². The highest BCUT2D eigenvalue weighted by molar-refractivity contribution is 9.10. The van der Waals surface area contributed by atoms with Gasteiger partial charge in [-0.25, -0.2) is 4.79 Å². The number of aliphatic hydroxyl groups is 1. The Morgan fingerprint density at radius 2 is 1.70 bits per heavy atom. The van der Waals surface area contributed by atoms with Gasteiger partial charge in [0.15, 0.2) is 11.5 Å². The Kier molecular flexibility index (Phi) is 6.01. The lowest BCUT2D eigenvalue weighted by Gasteiger charge is -2.12. The van der Waals surface area contributed by atoms with E-state index in [4.69, 9.17) is 19.3 Å². The van der Waals surface area contributed by atoms with Gasteiger partial charge in [0.1, 0.15) is 6.61 Å². The molecule has 0 heterocycles. The maximum absolute atomic E-state index is 12.1. The van der Waals surface area contributed by atoms with Crippen molar-refractivity contribution in [3.8, 4) is 11.5 Å². The topological polar surface area (TPSA) is 65.0 Å². The number of carbonyl (C=O) groups excluding carboxylic acids is 1. The Bertz CT molecular complexity index is 682. The highest BCUT2D eigenvalue weighted by Crippen LogP contribution is 2.33. The normalized spacial score (nSPS) is 10.3. The third-order valence-electron chi connectivity index (χ3n) is 3.28. The number of carbonyl (C=O) groups is 1. The standard InChI is InChI=1S/C17H17BrO5/c1-21-15-7-13(14(18)8-16(15)22-2)10-23-17(20)12-5-3-11(9-19)4-6-12/h3-8,19H,9-10H2,1-2H3. The Balaban J connectivity index is 2.09. The van der Waals surface area contributed by atoms with E-state index < -0.39 is 5.97 Å². The first-order valence-corrected chi connectivity index (χ1v) is 7.65. The lowest BCUT2D eigenvalue weighted by atomic mass is 10.1. The highest BCUT2D eigenvalue weighted by Gasteiger charge is 2.12. The molecule has 0 aliphatic rings. The van der Waals surface area contributed by atoms with Gasteiger partial charge in [0.2, 0.25) is 0 Å². The second-order valence-electron chi connectivity index (χ2n) is 4.73. The minimum Gasteiger partial charge on any atom is -0.493 e. The van der Waals surface area contributed by atoms with Gasteiger partial charge >= 0.3 is 5.97 Å². The number of aliphatic hydroxyl groups excluding tert-OH is 1. The highest BCUT2D eigenvalue weighted by atomic mass is 79.9. The predicted molar refractivity (Wildman–Crippen MR) is 88.7 cm³/mol. The zero-order chi connectivity index (χ0) is 16.8. The van der Waals surface area contributed by atoms with Crippen molar-refractivity contribution in [1.29, 1.82) is 0 Å². The molecule has 0 radical (unpaired) electrons. The van der Waals surface area contributed by atoms with Crippen LogP contribution >= 0.6 is 15.9 Å². The first kappa shape index (κ1) is 17.3. The summed E-state index contributed by atoms with van der Waals surface area (Å²) in [6.45, 7) is 0.0371. The third kappa shape index (κ3) is 4.24. The maximum atomic E-state index is 12.1. The number of hydrogen-bond donors (Lipinski definition) is 1. The molecule has 0 atom stereocenters. The molecular weight excluding hydrogens is 364 g/mol. The lowest BCUT2D eigenvalue weighted by Crippen LogP contribution is -2.06. The summed E-state index contributed by atoms with van der Waals surface area (Å²) in [6.07, 6.45) is 0. The third-order valence-corrected chi connectivity index (χ3v) is 4.02. The van der Waals surface area contributed by atoms with Crippen molar-refractivity contribution < 1.29 is 24.1 Å². The zero-order valence-corrected chi connectivity index (χ0v) is 14.4. The summed E-state index contributed by atoms with van der Waals surface area (Å²) in [5.74, 6) is 0.722. The molecule has 6 heteroatoms. The molecule has 0 bridgehead atoms. The number of hydrogen-bond acceptors (Lipinski definition) is 5. The van der Waals surface area contributed by atoms with Crippen LogP contribution in [0, 0.1) is 0 Å². The fourth-order valence-corrected chi connectivity index (χ4v) is 2.42. The molecule has 0 saturated carbocycles. The van der Waals surface area contributed by atoms with Gasteiger partial charge in [-0.05, 0) is 29.8 Å².